The number of hydrogen-bond acceptors (Lipinski definition) is 3. The van der Waals surface area contributed by atoms with E-state index in [4.69, 9.17) is 5.73 Å². The molecule has 0 amide bonds. The van der Waals surface area contributed by atoms with E-state index in [0.717, 1.165) is 6.07 Å². The van der Waals surface area contributed by atoms with Crippen LogP contribution in [-0.4, -0.2) is 15.0 Å². The van der Waals surface area contributed by atoms with Gasteiger partial charge in [0.25, 0.3) is 0 Å². The number of nitrogen functional groups attached to an aromatic ring is 1. The Morgan fingerprint density at radius 1 is 1.53 bits per heavy atom. The van der Waals surface area contributed by atoms with E-state index in [1.165, 1.54) is 18.2 Å². The maximum atomic E-state index is 13.0. The third-order valence-corrected chi connectivity index (χ3v) is 3.20. The maximum absolute atomic E-state index is 13.0. The first-order chi connectivity index (χ1) is 6.99. The molecule has 6 heteroatoms. The van der Waals surface area contributed by atoms with Crippen LogP contribution in [0.1, 0.15) is 0 Å². The minimum absolute atomic E-state index is 0.0677. The summed E-state index contributed by atoms with van der Waals surface area (Å²) in [6, 6.07) is 3.62. The average molecular weight is 230 g/mol. The van der Waals surface area contributed by atoms with E-state index in [0.29, 0.717) is 0 Å². The largest absolute Gasteiger partial charge is 0.395 e. The van der Waals surface area contributed by atoms with Gasteiger partial charge in [-0.15, -0.1) is 6.58 Å². The van der Waals surface area contributed by atoms with Gasteiger partial charge in [0, 0.05) is 6.54 Å². The lowest BCUT2D eigenvalue weighted by Gasteiger charge is -2.07. The Morgan fingerprint density at radius 3 is 2.80 bits per heavy atom. The van der Waals surface area contributed by atoms with Crippen LogP contribution in [0.4, 0.5) is 10.1 Å². The molecule has 82 valence electrons. The van der Waals surface area contributed by atoms with Gasteiger partial charge in [-0.3, -0.25) is 0 Å². The molecule has 0 aliphatic rings. The number of halogens is 1. The van der Waals surface area contributed by atoms with E-state index in [9.17, 15) is 12.8 Å². The molecule has 4 nitrogen and oxygen atoms in total. The predicted octanol–water partition coefficient (Wildman–Crippen LogP) is 0.872. The topological polar surface area (TPSA) is 72.2 Å². The Labute approximate surface area is 87.7 Å². The molecule has 0 heterocycles. The zero-order valence-electron chi connectivity index (χ0n) is 7.90. The highest BCUT2D eigenvalue weighted by atomic mass is 32.2. The molecule has 0 saturated carbocycles. The number of rotatable bonds is 4. The van der Waals surface area contributed by atoms with Gasteiger partial charge in [-0.2, -0.15) is 0 Å². The van der Waals surface area contributed by atoms with Crippen molar-refractivity contribution >= 4 is 15.7 Å². The highest BCUT2D eigenvalue weighted by Crippen LogP contribution is 2.20. The van der Waals surface area contributed by atoms with Gasteiger partial charge in [-0.1, -0.05) is 12.1 Å². The van der Waals surface area contributed by atoms with E-state index in [1.807, 2.05) is 0 Å². The number of nitrogens with one attached hydrogen (secondary N) is 1. The summed E-state index contributed by atoms with van der Waals surface area (Å²) in [5, 5.41) is 0. The van der Waals surface area contributed by atoms with Crippen LogP contribution in [0.5, 0.6) is 0 Å². The average Bonchev–Trinajstić information content (AvgIpc) is 2.19. The van der Waals surface area contributed by atoms with Gasteiger partial charge in [0.2, 0.25) is 10.0 Å². The van der Waals surface area contributed by atoms with Crippen molar-refractivity contribution in [2.45, 2.75) is 4.90 Å². The number of para-hydroxylation sites is 1. The molecule has 0 aliphatic carbocycles. The van der Waals surface area contributed by atoms with Crippen molar-refractivity contribution in [1.82, 2.24) is 4.72 Å². The Morgan fingerprint density at radius 2 is 2.20 bits per heavy atom. The summed E-state index contributed by atoms with van der Waals surface area (Å²) in [4.78, 5) is -0.260. The fourth-order valence-corrected chi connectivity index (χ4v) is 2.14. The third-order valence-electron chi connectivity index (χ3n) is 1.72. The Balaban J connectivity index is 3.16. The molecule has 0 aliphatic heterocycles. The molecule has 0 spiro atoms. The van der Waals surface area contributed by atoms with Gasteiger partial charge in [-0.25, -0.2) is 17.5 Å². The molecule has 15 heavy (non-hydrogen) atoms. The summed E-state index contributed by atoms with van der Waals surface area (Å²) >= 11 is 0. The number of hydrogen-bond donors (Lipinski definition) is 2. The molecule has 0 bridgehead atoms. The van der Waals surface area contributed by atoms with Gasteiger partial charge in [0.15, 0.2) is 0 Å². The Kier molecular flexibility index (Phi) is 3.43. The molecule has 0 atom stereocenters. The molecule has 0 fully saturated rings. The highest BCUT2D eigenvalue weighted by molar-refractivity contribution is 7.89. The third kappa shape index (κ3) is 2.54. The van der Waals surface area contributed by atoms with Crippen LogP contribution in [0.25, 0.3) is 0 Å². The molecule has 1 aromatic rings. The second kappa shape index (κ2) is 4.41. The first-order valence-corrected chi connectivity index (χ1v) is 5.62. The fourth-order valence-electron chi connectivity index (χ4n) is 0.998. The molecule has 0 aromatic heterocycles. The molecular formula is C9H11FN2O2S. The highest BCUT2D eigenvalue weighted by Gasteiger charge is 2.18. The van der Waals surface area contributed by atoms with Crippen molar-refractivity contribution in [2.75, 3.05) is 12.3 Å². The second-order valence-electron chi connectivity index (χ2n) is 2.79. The zero-order valence-corrected chi connectivity index (χ0v) is 8.72. The van der Waals surface area contributed by atoms with Crippen molar-refractivity contribution < 1.29 is 12.8 Å². The standard InChI is InChI=1S/C9H11FN2O2S/c1-2-6-12-15(13,14)8-5-3-4-7(10)9(8)11/h2-5,12H,1,6,11H2. The van der Waals surface area contributed by atoms with Crippen LogP contribution in [-0.2, 0) is 10.0 Å². The van der Waals surface area contributed by atoms with Crippen molar-refractivity contribution in [3.05, 3.63) is 36.7 Å². The lowest BCUT2D eigenvalue weighted by Crippen LogP contribution is -2.24. The monoisotopic (exact) mass is 230 g/mol. The van der Waals surface area contributed by atoms with Crippen molar-refractivity contribution in [1.29, 1.82) is 0 Å². The fraction of sp³-hybridized carbons (Fsp3) is 0.111. The summed E-state index contributed by atoms with van der Waals surface area (Å²) in [6.07, 6.45) is 1.38. The smallest absolute Gasteiger partial charge is 0.243 e. The van der Waals surface area contributed by atoms with Gasteiger partial charge in [-0.05, 0) is 12.1 Å². The van der Waals surface area contributed by atoms with E-state index in [-0.39, 0.29) is 17.1 Å². The van der Waals surface area contributed by atoms with Gasteiger partial charge in [0.1, 0.15) is 10.7 Å². The van der Waals surface area contributed by atoms with Gasteiger partial charge >= 0.3 is 0 Å². The molecule has 0 unspecified atom stereocenters. The van der Waals surface area contributed by atoms with Crippen LogP contribution in [0.2, 0.25) is 0 Å². The van der Waals surface area contributed by atoms with Crippen LogP contribution >= 0.6 is 0 Å². The minimum atomic E-state index is -3.76. The van der Waals surface area contributed by atoms with Crippen LogP contribution in [0.15, 0.2) is 35.7 Å². The number of anilines is 1. The van der Waals surface area contributed by atoms with E-state index < -0.39 is 15.8 Å². The molecular weight excluding hydrogens is 219 g/mol. The summed E-state index contributed by atoms with van der Waals surface area (Å²) in [5.74, 6) is -0.753. The molecule has 1 aromatic carbocycles. The summed E-state index contributed by atoms with van der Waals surface area (Å²) in [5.41, 5.74) is 4.94. The molecule has 1 rings (SSSR count). The lowest BCUT2D eigenvalue weighted by molar-refractivity contribution is 0.583. The van der Waals surface area contributed by atoms with Gasteiger partial charge < -0.3 is 5.73 Å². The Hall–Kier alpha value is -1.40. The van der Waals surface area contributed by atoms with Crippen molar-refractivity contribution in [3.8, 4) is 0 Å². The normalized spacial score (nSPS) is 11.3. The summed E-state index contributed by atoms with van der Waals surface area (Å²) < 4.78 is 38.3. The molecule has 0 saturated heterocycles. The van der Waals surface area contributed by atoms with Crippen LogP contribution in [0.3, 0.4) is 0 Å². The molecule has 0 radical (unpaired) electrons. The number of sulfonamides is 1. The van der Waals surface area contributed by atoms with E-state index in [1.54, 1.807) is 0 Å². The number of nitrogens with two attached hydrogens (primary N) is 1. The molecule has 3 N–H and O–H groups in total. The maximum Gasteiger partial charge on any atom is 0.243 e. The number of benzene rings is 1. The zero-order chi connectivity index (χ0) is 11.5. The quantitative estimate of drug-likeness (QED) is 0.595. The van der Waals surface area contributed by atoms with Crippen LogP contribution < -0.4 is 10.5 Å². The Bertz CT molecular complexity index is 471. The predicted molar refractivity (Wildman–Crippen MR) is 56.2 cm³/mol. The van der Waals surface area contributed by atoms with Crippen molar-refractivity contribution in [2.24, 2.45) is 0 Å². The van der Waals surface area contributed by atoms with E-state index >= 15 is 0 Å². The summed E-state index contributed by atoms with van der Waals surface area (Å²) in [6.45, 7) is 3.43. The first kappa shape index (κ1) is 11.7. The minimum Gasteiger partial charge on any atom is -0.395 e. The SMILES string of the molecule is C=CCNS(=O)(=O)c1cccc(F)c1N. The van der Waals surface area contributed by atoms with E-state index in [2.05, 4.69) is 11.3 Å². The lowest BCUT2D eigenvalue weighted by atomic mass is 10.3. The second-order valence-corrected chi connectivity index (χ2v) is 4.53. The summed E-state index contributed by atoms with van der Waals surface area (Å²) in [7, 11) is -3.76. The first-order valence-electron chi connectivity index (χ1n) is 4.13. The van der Waals surface area contributed by atoms with Crippen molar-refractivity contribution in [3.63, 3.8) is 0 Å². The van der Waals surface area contributed by atoms with Gasteiger partial charge in [0.05, 0.1) is 5.69 Å². The van der Waals surface area contributed by atoms with Crippen LogP contribution in [0, 0.1) is 5.82 Å².